The number of halogens is 2. The van der Waals surface area contributed by atoms with Crippen LogP contribution in [0.25, 0.3) is 0 Å². The molecule has 0 spiro atoms. The fourth-order valence-electron chi connectivity index (χ4n) is 2.14. The van der Waals surface area contributed by atoms with Crippen LogP contribution >= 0.6 is 23.2 Å². The van der Waals surface area contributed by atoms with E-state index < -0.39 is 0 Å². The quantitative estimate of drug-likeness (QED) is 0.681. The van der Waals surface area contributed by atoms with Gasteiger partial charge in [-0.05, 0) is 23.8 Å². The highest BCUT2D eigenvalue weighted by molar-refractivity contribution is 6.37. The van der Waals surface area contributed by atoms with Crippen LogP contribution in [0.5, 0.6) is 0 Å². The van der Waals surface area contributed by atoms with Crippen molar-refractivity contribution in [2.75, 3.05) is 6.54 Å². The lowest BCUT2D eigenvalue weighted by atomic mass is 10.1. The zero-order valence-electron chi connectivity index (χ0n) is 11.6. The first-order valence-electron chi connectivity index (χ1n) is 6.65. The van der Waals surface area contributed by atoms with Gasteiger partial charge in [0.2, 0.25) is 0 Å². The van der Waals surface area contributed by atoms with E-state index in [1.165, 1.54) is 0 Å². The minimum atomic E-state index is 0.341. The van der Waals surface area contributed by atoms with Gasteiger partial charge >= 0.3 is 5.96 Å². The highest BCUT2D eigenvalue weighted by Gasteiger charge is 2.26. The van der Waals surface area contributed by atoms with Crippen molar-refractivity contribution in [2.24, 2.45) is 15.8 Å². The van der Waals surface area contributed by atoms with Gasteiger partial charge in [0.15, 0.2) is 12.3 Å². The molecule has 2 N–H and O–H groups in total. The summed E-state index contributed by atoms with van der Waals surface area (Å²) in [5.74, 6) is 0.341. The molecule has 1 heterocycles. The van der Waals surface area contributed by atoms with Crippen molar-refractivity contribution in [1.29, 1.82) is 0 Å². The van der Waals surface area contributed by atoms with E-state index in [0.717, 1.165) is 16.8 Å². The van der Waals surface area contributed by atoms with Crippen molar-refractivity contribution >= 4 is 41.1 Å². The van der Waals surface area contributed by atoms with Gasteiger partial charge in [0.05, 0.1) is 11.2 Å². The van der Waals surface area contributed by atoms with Crippen molar-refractivity contribution in [3.63, 3.8) is 0 Å². The summed E-state index contributed by atoms with van der Waals surface area (Å²) in [5, 5.41) is 5.55. The molecule has 0 fully saturated rings. The Hall–Kier alpha value is -2.17. The number of hydrogen-bond donors (Lipinski definition) is 1. The molecule has 0 aliphatic carbocycles. The average molecular weight is 332 g/mol. The molecule has 0 saturated heterocycles. The number of guanidine groups is 1. The molecule has 1 aliphatic heterocycles. The molecule has 0 amide bonds. The molecule has 110 valence electrons. The van der Waals surface area contributed by atoms with E-state index in [9.17, 15) is 0 Å². The van der Waals surface area contributed by atoms with Gasteiger partial charge in [-0.25, -0.2) is 0 Å². The van der Waals surface area contributed by atoms with Crippen molar-refractivity contribution in [2.45, 2.75) is 0 Å². The van der Waals surface area contributed by atoms with Crippen LogP contribution in [0.2, 0.25) is 10.0 Å². The number of nitrogens with two attached hydrogens (primary N) is 1. The topological polar surface area (TPSA) is 53.7 Å². The van der Waals surface area contributed by atoms with Crippen LogP contribution in [0.15, 0.2) is 58.6 Å². The van der Waals surface area contributed by atoms with E-state index >= 15 is 0 Å². The van der Waals surface area contributed by atoms with Crippen LogP contribution in [0.3, 0.4) is 0 Å². The first-order chi connectivity index (χ1) is 10.6. The van der Waals surface area contributed by atoms with Crippen molar-refractivity contribution in [1.82, 2.24) is 0 Å². The Morgan fingerprint density at radius 3 is 2.64 bits per heavy atom. The van der Waals surface area contributed by atoms with Crippen molar-refractivity contribution in [3.05, 3.63) is 69.7 Å². The number of benzene rings is 2. The Balaban J connectivity index is 2.01. The molecule has 2 aromatic carbocycles. The van der Waals surface area contributed by atoms with Crippen LogP contribution in [-0.4, -0.2) is 29.1 Å². The van der Waals surface area contributed by atoms with Gasteiger partial charge in [0.25, 0.3) is 0 Å². The molecule has 22 heavy (non-hydrogen) atoms. The standard InChI is InChI=1S/C16H13Cl2N4/c17-12-6-7-13(14(18)8-12)15-10-20-16(19)22(15)21-9-11-4-2-1-3-5-11/h1-9H,10H2,(H2,19,20)/q+1/b21-9+. The zero-order valence-corrected chi connectivity index (χ0v) is 13.1. The Kier molecular flexibility index (Phi) is 4.22. The lowest BCUT2D eigenvalue weighted by Crippen LogP contribution is -2.26. The summed E-state index contributed by atoms with van der Waals surface area (Å²) in [6.45, 7) is 0.430. The van der Waals surface area contributed by atoms with Crippen molar-refractivity contribution in [3.8, 4) is 0 Å². The minimum Gasteiger partial charge on any atom is -0.286 e. The second-order valence-electron chi connectivity index (χ2n) is 4.71. The largest absolute Gasteiger partial charge is 0.409 e. The molecule has 0 radical (unpaired) electrons. The number of hydrogen-bond acceptors (Lipinski definition) is 3. The summed E-state index contributed by atoms with van der Waals surface area (Å²) in [4.78, 5) is 4.23. The number of hydrazone groups is 1. The molecule has 1 aliphatic rings. The average Bonchev–Trinajstić information content (AvgIpc) is 2.87. The predicted octanol–water partition coefficient (Wildman–Crippen LogP) is 3.16. The van der Waals surface area contributed by atoms with E-state index in [-0.39, 0.29) is 0 Å². The molecule has 2 aromatic rings. The van der Waals surface area contributed by atoms with Gasteiger partial charge in [0.1, 0.15) is 0 Å². The van der Waals surface area contributed by atoms with Gasteiger partial charge in [-0.1, -0.05) is 53.5 Å². The van der Waals surface area contributed by atoms with Gasteiger partial charge in [-0.2, -0.15) is 0 Å². The summed E-state index contributed by atoms with van der Waals surface area (Å²) >= 11 is 12.2. The van der Waals surface area contributed by atoms with E-state index in [1.807, 2.05) is 36.4 Å². The van der Waals surface area contributed by atoms with Gasteiger partial charge < -0.3 is 0 Å². The van der Waals surface area contributed by atoms with E-state index in [0.29, 0.717) is 22.5 Å². The summed E-state index contributed by atoms with van der Waals surface area (Å²) in [6.07, 6.45) is 1.73. The molecule has 6 heteroatoms. The third kappa shape index (κ3) is 3.03. The number of nitrogens with zero attached hydrogens (tertiary/aromatic N) is 3. The third-order valence-electron chi connectivity index (χ3n) is 3.23. The van der Waals surface area contributed by atoms with Crippen molar-refractivity contribution < 1.29 is 4.68 Å². The Morgan fingerprint density at radius 1 is 1.14 bits per heavy atom. The molecule has 3 rings (SSSR count). The lowest BCUT2D eigenvalue weighted by Gasteiger charge is -2.04. The lowest BCUT2D eigenvalue weighted by molar-refractivity contribution is -0.410. The summed E-state index contributed by atoms with van der Waals surface area (Å²) in [7, 11) is 0. The number of rotatable bonds is 3. The maximum atomic E-state index is 6.26. The fraction of sp³-hybridized carbons (Fsp3) is 0.0625. The molecule has 0 aromatic heterocycles. The summed E-state index contributed by atoms with van der Waals surface area (Å²) in [5.41, 5.74) is 8.54. The second-order valence-corrected chi connectivity index (χ2v) is 5.56. The predicted molar refractivity (Wildman–Crippen MR) is 91.4 cm³/mol. The number of aliphatic imine (C=N–C) groups is 1. The van der Waals surface area contributed by atoms with Gasteiger partial charge in [-0.15, -0.1) is 14.8 Å². The van der Waals surface area contributed by atoms with E-state index in [2.05, 4.69) is 10.1 Å². The Labute approximate surface area is 138 Å². The molecular formula is C16H13Cl2N4+. The normalized spacial score (nSPS) is 14.7. The SMILES string of the molecule is NC1=NCC(c2ccc(Cl)cc2Cl)=[N+]1/N=C/c1ccccc1. The third-order valence-corrected chi connectivity index (χ3v) is 3.78. The second kappa shape index (κ2) is 6.30. The first-order valence-corrected chi connectivity index (χ1v) is 7.41. The Morgan fingerprint density at radius 2 is 1.91 bits per heavy atom. The van der Waals surface area contributed by atoms with E-state index in [4.69, 9.17) is 28.9 Å². The van der Waals surface area contributed by atoms with E-state index in [1.54, 1.807) is 23.0 Å². The van der Waals surface area contributed by atoms with Crippen LogP contribution in [0, 0.1) is 0 Å². The van der Waals surface area contributed by atoms with Gasteiger partial charge in [-0.3, -0.25) is 5.73 Å². The zero-order chi connectivity index (χ0) is 15.5. The maximum absolute atomic E-state index is 6.26. The molecule has 0 unspecified atom stereocenters. The van der Waals surface area contributed by atoms with Crippen LogP contribution in [0.1, 0.15) is 11.1 Å². The fourth-order valence-corrected chi connectivity index (χ4v) is 2.66. The smallest absolute Gasteiger partial charge is 0.286 e. The van der Waals surface area contributed by atoms with Crippen LogP contribution in [-0.2, 0) is 0 Å². The first kappa shape index (κ1) is 14.8. The molecule has 0 atom stereocenters. The molecular weight excluding hydrogens is 319 g/mol. The summed E-state index contributed by atoms with van der Waals surface area (Å²) in [6, 6.07) is 15.1. The molecule has 4 nitrogen and oxygen atoms in total. The van der Waals surface area contributed by atoms with Gasteiger partial charge in [0, 0.05) is 10.6 Å². The maximum Gasteiger partial charge on any atom is 0.409 e. The monoisotopic (exact) mass is 331 g/mol. The molecule has 0 saturated carbocycles. The van der Waals surface area contributed by atoms with Crippen LogP contribution in [0.4, 0.5) is 0 Å². The highest BCUT2D eigenvalue weighted by Crippen LogP contribution is 2.22. The summed E-state index contributed by atoms with van der Waals surface area (Å²) < 4.78 is 1.60. The molecule has 0 bridgehead atoms. The highest BCUT2D eigenvalue weighted by atomic mass is 35.5. The minimum absolute atomic E-state index is 0.341. The van der Waals surface area contributed by atoms with Crippen LogP contribution < -0.4 is 5.73 Å². The Bertz CT molecular complexity index is 795.